The van der Waals surface area contributed by atoms with Gasteiger partial charge in [0.15, 0.2) is 0 Å². The van der Waals surface area contributed by atoms with Gasteiger partial charge in [-0.2, -0.15) is 0 Å². The van der Waals surface area contributed by atoms with E-state index in [-0.39, 0.29) is 17.9 Å². The van der Waals surface area contributed by atoms with Gasteiger partial charge in [-0.3, -0.25) is 9.59 Å². The molecule has 4 nitrogen and oxygen atoms in total. The summed E-state index contributed by atoms with van der Waals surface area (Å²) in [4.78, 5) is 27.9. The number of amides is 2. The SMILES string of the molecule is CC(C(=O)NC1CCCCC1)N(Cc1ccc(Cl)cc1)C(=O)CSCc1ccc(Br)cc1. The molecule has 1 aliphatic rings. The molecule has 32 heavy (non-hydrogen) atoms. The summed E-state index contributed by atoms with van der Waals surface area (Å²) in [5, 5.41) is 3.82. The molecule has 1 unspecified atom stereocenters. The van der Waals surface area contributed by atoms with Gasteiger partial charge in [-0.05, 0) is 55.2 Å². The first-order valence-corrected chi connectivity index (χ1v) is 13.4. The molecule has 7 heteroatoms. The number of benzene rings is 2. The summed E-state index contributed by atoms with van der Waals surface area (Å²) in [6.45, 7) is 2.21. The lowest BCUT2D eigenvalue weighted by atomic mass is 9.95. The van der Waals surface area contributed by atoms with Crippen LogP contribution in [0.2, 0.25) is 5.02 Å². The van der Waals surface area contributed by atoms with Crippen LogP contribution in [0.4, 0.5) is 0 Å². The quantitative estimate of drug-likeness (QED) is 0.414. The second-order valence-electron chi connectivity index (χ2n) is 8.29. The van der Waals surface area contributed by atoms with E-state index in [1.165, 1.54) is 12.0 Å². The van der Waals surface area contributed by atoms with Crippen LogP contribution in [-0.4, -0.2) is 34.6 Å². The van der Waals surface area contributed by atoms with Crippen LogP contribution in [-0.2, 0) is 21.9 Å². The van der Waals surface area contributed by atoms with Crippen molar-refractivity contribution < 1.29 is 9.59 Å². The van der Waals surface area contributed by atoms with E-state index in [2.05, 4.69) is 21.2 Å². The van der Waals surface area contributed by atoms with E-state index in [0.717, 1.165) is 41.5 Å². The molecule has 0 bridgehead atoms. The van der Waals surface area contributed by atoms with E-state index in [0.29, 0.717) is 17.3 Å². The smallest absolute Gasteiger partial charge is 0.242 e. The summed E-state index contributed by atoms with van der Waals surface area (Å²) in [7, 11) is 0. The fourth-order valence-electron chi connectivity index (χ4n) is 3.86. The van der Waals surface area contributed by atoms with Crippen molar-refractivity contribution in [3.8, 4) is 0 Å². The number of hydrogen-bond donors (Lipinski definition) is 1. The maximum Gasteiger partial charge on any atom is 0.242 e. The Kier molecular flexibility index (Phi) is 9.94. The largest absolute Gasteiger partial charge is 0.352 e. The van der Waals surface area contributed by atoms with Gasteiger partial charge in [0, 0.05) is 27.8 Å². The van der Waals surface area contributed by atoms with E-state index in [9.17, 15) is 9.59 Å². The van der Waals surface area contributed by atoms with Crippen LogP contribution in [0, 0.1) is 0 Å². The van der Waals surface area contributed by atoms with Crippen molar-refractivity contribution in [2.45, 2.75) is 63.4 Å². The van der Waals surface area contributed by atoms with Gasteiger partial charge < -0.3 is 10.2 Å². The number of rotatable bonds is 9. The number of thioether (sulfide) groups is 1. The zero-order valence-electron chi connectivity index (χ0n) is 18.4. The molecule has 1 saturated carbocycles. The summed E-state index contributed by atoms with van der Waals surface area (Å²) in [5.74, 6) is 0.965. The summed E-state index contributed by atoms with van der Waals surface area (Å²) < 4.78 is 1.04. The first-order chi connectivity index (χ1) is 15.4. The average molecular weight is 538 g/mol. The van der Waals surface area contributed by atoms with E-state index in [4.69, 9.17) is 11.6 Å². The van der Waals surface area contributed by atoms with Gasteiger partial charge in [0.1, 0.15) is 6.04 Å². The molecule has 1 aliphatic carbocycles. The number of nitrogens with zero attached hydrogens (tertiary/aromatic N) is 1. The maximum absolute atomic E-state index is 13.2. The second kappa shape index (κ2) is 12.7. The Morgan fingerprint density at radius 1 is 1.06 bits per heavy atom. The van der Waals surface area contributed by atoms with Crippen LogP contribution in [0.1, 0.15) is 50.2 Å². The lowest BCUT2D eigenvalue weighted by Gasteiger charge is -2.31. The molecule has 0 spiro atoms. The van der Waals surface area contributed by atoms with Crippen molar-refractivity contribution in [3.63, 3.8) is 0 Å². The van der Waals surface area contributed by atoms with Gasteiger partial charge in [-0.1, -0.05) is 71.1 Å². The Labute approximate surface area is 208 Å². The predicted molar refractivity (Wildman–Crippen MR) is 137 cm³/mol. The van der Waals surface area contributed by atoms with Crippen molar-refractivity contribution in [1.29, 1.82) is 0 Å². The molecule has 2 aromatic carbocycles. The molecule has 3 rings (SSSR count). The number of halogens is 2. The van der Waals surface area contributed by atoms with Crippen molar-refractivity contribution in [1.82, 2.24) is 10.2 Å². The molecular weight excluding hydrogens is 508 g/mol. The molecule has 2 amide bonds. The van der Waals surface area contributed by atoms with E-state index in [1.54, 1.807) is 16.7 Å². The van der Waals surface area contributed by atoms with Crippen LogP contribution < -0.4 is 5.32 Å². The van der Waals surface area contributed by atoms with Crippen molar-refractivity contribution >= 4 is 51.1 Å². The number of carbonyl (C=O) groups is 2. The number of hydrogen-bond acceptors (Lipinski definition) is 3. The molecule has 0 saturated heterocycles. The highest BCUT2D eigenvalue weighted by atomic mass is 79.9. The Bertz CT molecular complexity index is 886. The van der Waals surface area contributed by atoms with Crippen molar-refractivity contribution in [2.75, 3.05) is 5.75 Å². The van der Waals surface area contributed by atoms with Gasteiger partial charge in [0.2, 0.25) is 11.8 Å². The average Bonchev–Trinajstić information content (AvgIpc) is 2.80. The molecule has 0 heterocycles. The lowest BCUT2D eigenvalue weighted by molar-refractivity contribution is -0.139. The third-order valence-electron chi connectivity index (χ3n) is 5.79. The number of nitrogens with one attached hydrogen (secondary N) is 1. The van der Waals surface area contributed by atoms with Gasteiger partial charge in [-0.15, -0.1) is 11.8 Å². The third kappa shape index (κ3) is 7.82. The Hall–Kier alpha value is -1.50. The highest BCUT2D eigenvalue weighted by Crippen LogP contribution is 2.20. The lowest BCUT2D eigenvalue weighted by Crippen LogP contribution is -2.50. The van der Waals surface area contributed by atoms with Gasteiger partial charge >= 0.3 is 0 Å². The maximum atomic E-state index is 13.2. The highest BCUT2D eigenvalue weighted by Gasteiger charge is 2.28. The summed E-state index contributed by atoms with van der Waals surface area (Å²) in [5.41, 5.74) is 2.12. The van der Waals surface area contributed by atoms with Crippen LogP contribution in [0.15, 0.2) is 53.0 Å². The molecular formula is C25H30BrClN2O2S. The second-order valence-corrected chi connectivity index (χ2v) is 10.6. The molecule has 2 aromatic rings. The minimum atomic E-state index is -0.534. The summed E-state index contributed by atoms with van der Waals surface area (Å²) in [6, 6.07) is 15.2. The standard InChI is InChI=1S/C25H30BrClN2O2S/c1-18(25(31)28-23-5-3-2-4-6-23)29(15-19-9-13-22(27)14-10-19)24(30)17-32-16-20-7-11-21(26)12-8-20/h7-14,18,23H,2-6,15-17H2,1H3,(H,28,31). The molecule has 0 aromatic heterocycles. The minimum Gasteiger partial charge on any atom is -0.352 e. The minimum absolute atomic E-state index is 0.0339. The van der Waals surface area contributed by atoms with Gasteiger partial charge in [-0.25, -0.2) is 0 Å². The first-order valence-electron chi connectivity index (χ1n) is 11.1. The zero-order valence-corrected chi connectivity index (χ0v) is 21.5. The van der Waals surface area contributed by atoms with E-state index >= 15 is 0 Å². The predicted octanol–water partition coefficient (Wildman–Crippen LogP) is 6.20. The normalized spacial score (nSPS) is 15.2. The Morgan fingerprint density at radius 3 is 2.34 bits per heavy atom. The summed E-state index contributed by atoms with van der Waals surface area (Å²) in [6.07, 6.45) is 5.58. The molecule has 1 atom stereocenters. The molecule has 0 aliphatic heterocycles. The van der Waals surface area contributed by atoms with Gasteiger partial charge in [0.05, 0.1) is 5.75 Å². The Morgan fingerprint density at radius 2 is 1.69 bits per heavy atom. The van der Waals surface area contributed by atoms with Crippen molar-refractivity contribution in [2.24, 2.45) is 0 Å². The van der Waals surface area contributed by atoms with Crippen LogP contribution in [0.5, 0.6) is 0 Å². The van der Waals surface area contributed by atoms with E-state index in [1.807, 2.05) is 55.5 Å². The molecule has 1 N–H and O–H groups in total. The number of carbonyl (C=O) groups excluding carboxylic acids is 2. The van der Waals surface area contributed by atoms with Gasteiger partial charge in [0.25, 0.3) is 0 Å². The fraction of sp³-hybridized carbons (Fsp3) is 0.440. The third-order valence-corrected chi connectivity index (χ3v) is 7.56. The Balaban J connectivity index is 1.64. The monoisotopic (exact) mass is 536 g/mol. The fourth-order valence-corrected chi connectivity index (χ4v) is 5.12. The van der Waals surface area contributed by atoms with Crippen molar-refractivity contribution in [3.05, 3.63) is 69.2 Å². The topological polar surface area (TPSA) is 49.4 Å². The van der Waals surface area contributed by atoms with Crippen LogP contribution in [0.3, 0.4) is 0 Å². The molecule has 172 valence electrons. The zero-order chi connectivity index (χ0) is 22.9. The first kappa shape index (κ1) is 25.1. The summed E-state index contributed by atoms with van der Waals surface area (Å²) >= 11 is 11.0. The van der Waals surface area contributed by atoms with Crippen LogP contribution >= 0.6 is 39.3 Å². The van der Waals surface area contributed by atoms with Crippen LogP contribution in [0.25, 0.3) is 0 Å². The molecule has 0 radical (unpaired) electrons. The molecule has 1 fully saturated rings. The van der Waals surface area contributed by atoms with E-state index < -0.39 is 6.04 Å². The highest BCUT2D eigenvalue weighted by molar-refractivity contribution is 9.10.